The van der Waals surface area contributed by atoms with Crippen LogP contribution in [0.3, 0.4) is 0 Å². The summed E-state index contributed by atoms with van der Waals surface area (Å²) >= 11 is 0. The number of nitro groups is 1. The number of non-ortho nitro benzene ring substituents is 1. The zero-order valence-electron chi connectivity index (χ0n) is 15.1. The number of hydrogen-bond acceptors (Lipinski definition) is 5. The second kappa shape index (κ2) is 8.84. The lowest BCUT2D eigenvalue weighted by molar-refractivity contribution is -0.385. The van der Waals surface area contributed by atoms with E-state index >= 15 is 0 Å². The standard InChI is InChI=1S/C20H16FN3O5/c21-17-11-16(24(27)28)7-8-19(17)29-18-9-10-22-12-14(18)4-1-13-2-5-15(6-3-13)23-20(25)26/h2,7-12,15,23H,3,5-6H2,(H,25,26). The van der Waals surface area contributed by atoms with Crippen LogP contribution in [0.4, 0.5) is 14.9 Å². The lowest BCUT2D eigenvalue weighted by Crippen LogP contribution is -2.34. The molecule has 8 nitrogen and oxygen atoms in total. The molecule has 0 aliphatic heterocycles. The fourth-order valence-electron chi connectivity index (χ4n) is 2.77. The summed E-state index contributed by atoms with van der Waals surface area (Å²) in [7, 11) is 0. The summed E-state index contributed by atoms with van der Waals surface area (Å²) in [6.07, 6.45) is 5.61. The predicted molar refractivity (Wildman–Crippen MR) is 101 cm³/mol. The van der Waals surface area contributed by atoms with Gasteiger partial charge in [0.15, 0.2) is 11.6 Å². The van der Waals surface area contributed by atoms with Gasteiger partial charge in [0.1, 0.15) is 5.75 Å². The van der Waals surface area contributed by atoms with Crippen molar-refractivity contribution in [1.29, 1.82) is 0 Å². The van der Waals surface area contributed by atoms with Crippen molar-refractivity contribution in [2.45, 2.75) is 25.3 Å². The van der Waals surface area contributed by atoms with Crippen molar-refractivity contribution < 1.29 is 24.0 Å². The average molecular weight is 397 g/mol. The van der Waals surface area contributed by atoms with E-state index in [2.05, 4.69) is 22.1 Å². The Bertz CT molecular complexity index is 1040. The first kappa shape index (κ1) is 19.8. The number of pyridine rings is 1. The topological polar surface area (TPSA) is 115 Å². The fourth-order valence-corrected chi connectivity index (χ4v) is 2.77. The van der Waals surface area contributed by atoms with Gasteiger partial charge in [-0.15, -0.1) is 0 Å². The third-order valence-electron chi connectivity index (χ3n) is 4.22. The molecule has 1 amide bonds. The Labute approximate surface area is 165 Å². The highest BCUT2D eigenvalue weighted by Gasteiger charge is 2.16. The van der Waals surface area contributed by atoms with Gasteiger partial charge >= 0.3 is 6.09 Å². The van der Waals surface area contributed by atoms with Crippen LogP contribution in [0.25, 0.3) is 0 Å². The number of carboxylic acid groups (broad SMARTS) is 1. The molecule has 1 heterocycles. The number of carbonyl (C=O) groups is 1. The zero-order chi connectivity index (χ0) is 20.8. The number of aromatic nitrogens is 1. The van der Waals surface area contributed by atoms with Crippen LogP contribution in [0.1, 0.15) is 24.8 Å². The molecule has 9 heteroatoms. The van der Waals surface area contributed by atoms with Gasteiger partial charge in [0, 0.05) is 30.6 Å². The molecule has 148 valence electrons. The first-order valence-electron chi connectivity index (χ1n) is 8.68. The van der Waals surface area contributed by atoms with E-state index in [1.807, 2.05) is 6.08 Å². The van der Waals surface area contributed by atoms with Gasteiger partial charge in [-0.3, -0.25) is 15.1 Å². The summed E-state index contributed by atoms with van der Waals surface area (Å²) in [5.41, 5.74) is 0.922. The number of amides is 1. The highest BCUT2D eigenvalue weighted by atomic mass is 19.1. The Morgan fingerprint density at radius 1 is 1.34 bits per heavy atom. The van der Waals surface area contributed by atoms with Crippen LogP contribution in [0.15, 0.2) is 48.3 Å². The van der Waals surface area contributed by atoms with E-state index in [9.17, 15) is 19.3 Å². The van der Waals surface area contributed by atoms with Crippen LogP contribution in [0, 0.1) is 27.8 Å². The van der Waals surface area contributed by atoms with Gasteiger partial charge in [0.2, 0.25) is 0 Å². The van der Waals surface area contributed by atoms with Gasteiger partial charge in [-0.05, 0) is 30.9 Å². The third kappa shape index (κ3) is 5.29. The van der Waals surface area contributed by atoms with Crippen LogP contribution >= 0.6 is 0 Å². The fraction of sp³-hybridized carbons (Fsp3) is 0.200. The molecule has 1 atom stereocenters. The summed E-state index contributed by atoms with van der Waals surface area (Å²) in [6, 6.07) is 4.52. The van der Waals surface area contributed by atoms with Crippen molar-refractivity contribution in [1.82, 2.24) is 10.3 Å². The Balaban J connectivity index is 1.76. The molecule has 1 aliphatic carbocycles. The van der Waals surface area contributed by atoms with Crippen molar-refractivity contribution in [2.24, 2.45) is 0 Å². The molecule has 0 radical (unpaired) electrons. The minimum Gasteiger partial charge on any atom is -0.465 e. The monoisotopic (exact) mass is 397 g/mol. The van der Waals surface area contributed by atoms with Crippen molar-refractivity contribution in [2.75, 3.05) is 0 Å². The highest BCUT2D eigenvalue weighted by molar-refractivity contribution is 5.65. The average Bonchev–Trinajstić information content (AvgIpc) is 2.69. The number of nitrogens with zero attached hydrogens (tertiary/aromatic N) is 2. The molecule has 0 saturated heterocycles. The minimum absolute atomic E-state index is 0.125. The molecule has 0 bridgehead atoms. The lowest BCUT2D eigenvalue weighted by atomic mass is 9.95. The number of allylic oxidation sites excluding steroid dienone is 1. The van der Waals surface area contributed by atoms with Crippen LogP contribution < -0.4 is 10.1 Å². The molecule has 29 heavy (non-hydrogen) atoms. The Hall–Kier alpha value is -3.93. The maximum absolute atomic E-state index is 14.1. The molecular weight excluding hydrogens is 381 g/mol. The van der Waals surface area contributed by atoms with E-state index in [-0.39, 0.29) is 23.2 Å². The van der Waals surface area contributed by atoms with E-state index in [1.54, 1.807) is 0 Å². The van der Waals surface area contributed by atoms with E-state index in [4.69, 9.17) is 9.84 Å². The van der Waals surface area contributed by atoms with Gasteiger partial charge in [0.05, 0.1) is 16.6 Å². The molecule has 1 unspecified atom stereocenters. The number of hydrogen-bond donors (Lipinski definition) is 2. The normalized spacial score (nSPS) is 15.5. The third-order valence-corrected chi connectivity index (χ3v) is 4.22. The van der Waals surface area contributed by atoms with Crippen LogP contribution in [0.2, 0.25) is 0 Å². The van der Waals surface area contributed by atoms with Crippen molar-refractivity contribution in [3.05, 3.63) is 69.8 Å². The van der Waals surface area contributed by atoms with E-state index in [0.717, 1.165) is 17.7 Å². The summed E-state index contributed by atoms with van der Waals surface area (Å²) in [6.45, 7) is 0. The Morgan fingerprint density at radius 3 is 2.83 bits per heavy atom. The van der Waals surface area contributed by atoms with Gasteiger partial charge in [0.25, 0.3) is 5.69 Å². The van der Waals surface area contributed by atoms with E-state index in [0.29, 0.717) is 24.8 Å². The van der Waals surface area contributed by atoms with E-state index < -0.39 is 16.8 Å². The number of ether oxygens (including phenoxy) is 1. The second-order valence-corrected chi connectivity index (χ2v) is 6.25. The van der Waals surface area contributed by atoms with Gasteiger partial charge in [-0.1, -0.05) is 17.9 Å². The van der Waals surface area contributed by atoms with Gasteiger partial charge in [-0.2, -0.15) is 0 Å². The van der Waals surface area contributed by atoms with Crippen LogP contribution in [-0.2, 0) is 0 Å². The Kier molecular flexibility index (Phi) is 6.04. The molecule has 3 rings (SSSR count). The molecule has 0 saturated carbocycles. The Morgan fingerprint density at radius 2 is 2.17 bits per heavy atom. The first-order valence-corrected chi connectivity index (χ1v) is 8.68. The van der Waals surface area contributed by atoms with Gasteiger partial charge < -0.3 is 15.2 Å². The quantitative estimate of drug-likeness (QED) is 0.457. The minimum atomic E-state index is -1.05. The maximum atomic E-state index is 14.1. The molecule has 1 aromatic heterocycles. The largest absolute Gasteiger partial charge is 0.465 e. The first-order chi connectivity index (χ1) is 13.9. The predicted octanol–water partition coefficient (Wildman–Crippen LogP) is 4.02. The molecule has 0 fully saturated rings. The molecular formula is C20H16FN3O5. The summed E-state index contributed by atoms with van der Waals surface area (Å²) in [5, 5.41) is 21.9. The number of nitro benzene ring substituents is 1. The molecule has 1 aromatic carbocycles. The molecule has 0 spiro atoms. The number of nitrogens with one attached hydrogen (secondary N) is 1. The van der Waals surface area contributed by atoms with Crippen molar-refractivity contribution in [3.63, 3.8) is 0 Å². The lowest BCUT2D eigenvalue weighted by Gasteiger charge is -2.19. The van der Waals surface area contributed by atoms with Crippen molar-refractivity contribution >= 4 is 11.8 Å². The van der Waals surface area contributed by atoms with Crippen molar-refractivity contribution in [3.8, 4) is 23.3 Å². The SMILES string of the molecule is O=C(O)NC1CC=C(C#Cc2cnccc2Oc2ccc([N+](=O)[O-])cc2F)CC1. The number of benzene rings is 1. The smallest absolute Gasteiger partial charge is 0.404 e. The maximum Gasteiger partial charge on any atom is 0.404 e. The van der Waals surface area contributed by atoms with E-state index in [1.165, 1.54) is 24.5 Å². The van der Waals surface area contributed by atoms with Gasteiger partial charge in [-0.25, -0.2) is 9.18 Å². The summed E-state index contributed by atoms with van der Waals surface area (Å²) < 4.78 is 19.6. The number of halogens is 1. The molecule has 2 N–H and O–H groups in total. The highest BCUT2D eigenvalue weighted by Crippen LogP contribution is 2.29. The number of rotatable bonds is 4. The summed E-state index contributed by atoms with van der Waals surface area (Å²) in [4.78, 5) is 24.7. The zero-order valence-corrected chi connectivity index (χ0v) is 15.1. The molecule has 2 aromatic rings. The molecule has 1 aliphatic rings. The van der Waals surface area contributed by atoms with Crippen LogP contribution in [-0.4, -0.2) is 27.1 Å². The summed E-state index contributed by atoms with van der Waals surface area (Å²) in [5.74, 6) is 5.19. The second-order valence-electron chi connectivity index (χ2n) is 6.25. The van der Waals surface area contributed by atoms with Crippen LogP contribution in [0.5, 0.6) is 11.5 Å².